The van der Waals surface area contributed by atoms with Crippen LogP contribution in [0.5, 0.6) is 0 Å². The van der Waals surface area contributed by atoms with Gasteiger partial charge in [-0.15, -0.1) is 0 Å². The van der Waals surface area contributed by atoms with E-state index in [1.807, 2.05) is 19.0 Å². The number of ether oxygens (including phenoxy) is 1. The Morgan fingerprint density at radius 2 is 1.46 bits per heavy atom. The van der Waals surface area contributed by atoms with Crippen LogP contribution in [-0.2, 0) is 4.74 Å². The number of nitrogens with two attached hydrogens (primary N) is 4. The molecule has 0 spiro atoms. The largest absolute Gasteiger partial charge is 0.314 e. The molecule has 0 aliphatic carbocycles. The summed E-state index contributed by atoms with van der Waals surface area (Å²) >= 11 is 0. The third-order valence-electron chi connectivity index (χ3n) is 2.22. The zero-order valence-corrected chi connectivity index (χ0v) is 8.16. The standard InChI is InChI=1S/C7H19N5O/c1-12(2)5-3-6(8,9)13-7(10,11)4-5/h5H,3-4,8-11H2,1-2H3. The van der Waals surface area contributed by atoms with Gasteiger partial charge in [-0.2, -0.15) is 0 Å². The summed E-state index contributed by atoms with van der Waals surface area (Å²) in [5, 5.41) is 0. The molecule has 0 atom stereocenters. The minimum absolute atomic E-state index is 0.152. The Morgan fingerprint density at radius 1 is 1.08 bits per heavy atom. The minimum Gasteiger partial charge on any atom is -0.314 e. The maximum atomic E-state index is 5.65. The Bertz CT molecular complexity index is 175. The molecular weight excluding hydrogens is 170 g/mol. The van der Waals surface area contributed by atoms with Crippen LogP contribution in [0.25, 0.3) is 0 Å². The second kappa shape index (κ2) is 3.16. The van der Waals surface area contributed by atoms with Crippen LogP contribution in [0.2, 0.25) is 0 Å². The topological polar surface area (TPSA) is 117 Å². The van der Waals surface area contributed by atoms with E-state index in [9.17, 15) is 0 Å². The lowest BCUT2D eigenvalue weighted by atomic mass is 9.99. The molecule has 0 amide bonds. The highest BCUT2D eigenvalue weighted by Gasteiger charge is 2.42. The lowest BCUT2D eigenvalue weighted by Crippen LogP contribution is -2.71. The van der Waals surface area contributed by atoms with Crippen molar-refractivity contribution >= 4 is 0 Å². The van der Waals surface area contributed by atoms with Crippen LogP contribution in [0.15, 0.2) is 0 Å². The highest BCUT2D eigenvalue weighted by molar-refractivity contribution is 4.88. The van der Waals surface area contributed by atoms with Crippen molar-refractivity contribution < 1.29 is 4.74 Å². The average Bonchev–Trinajstić information content (AvgIpc) is 1.79. The van der Waals surface area contributed by atoms with Gasteiger partial charge in [0.25, 0.3) is 0 Å². The lowest BCUT2D eigenvalue weighted by molar-refractivity contribution is -0.197. The fourth-order valence-electron chi connectivity index (χ4n) is 1.61. The fourth-order valence-corrected chi connectivity index (χ4v) is 1.61. The fraction of sp³-hybridized carbons (Fsp3) is 1.00. The molecule has 1 fully saturated rings. The van der Waals surface area contributed by atoms with E-state index >= 15 is 0 Å². The minimum atomic E-state index is -1.23. The van der Waals surface area contributed by atoms with Crippen molar-refractivity contribution in [3.8, 4) is 0 Å². The smallest absolute Gasteiger partial charge is 0.174 e. The summed E-state index contributed by atoms with van der Waals surface area (Å²) in [6, 6.07) is 0.152. The first-order valence-corrected chi connectivity index (χ1v) is 4.24. The number of hydrogen-bond acceptors (Lipinski definition) is 6. The normalized spacial score (nSPS) is 27.9. The van der Waals surface area contributed by atoms with E-state index in [0.29, 0.717) is 12.8 Å². The molecule has 13 heavy (non-hydrogen) atoms. The summed E-state index contributed by atoms with van der Waals surface area (Å²) in [6.07, 6.45) is 1.05. The van der Waals surface area contributed by atoms with Crippen LogP contribution < -0.4 is 22.9 Å². The van der Waals surface area contributed by atoms with Crippen LogP contribution in [0.1, 0.15) is 12.8 Å². The maximum absolute atomic E-state index is 5.65. The van der Waals surface area contributed by atoms with Crippen LogP contribution in [0.3, 0.4) is 0 Å². The predicted octanol–water partition coefficient (Wildman–Crippen LogP) is -2.13. The maximum Gasteiger partial charge on any atom is 0.174 e. The molecule has 0 aromatic rings. The van der Waals surface area contributed by atoms with E-state index in [-0.39, 0.29) is 6.04 Å². The van der Waals surface area contributed by atoms with Gasteiger partial charge in [0.2, 0.25) is 0 Å². The number of hydrogen-bond donors (Lipinski definition) is 4. The van der Waals surface area contributed by atoms with Crippen LogP contribution >= 0.6 is 0 Å². The number of rotatable bonds is 1. The highest BCUT2D eigenvalue weighted by atomic mass is 16.6. The molecule has 8 N–H and O–H groups in total. The van der Waals surface area contributed by atoms with E-state index < -0.39 is 11.7 Å². The number of nitrogens with zero attached hydrogens (tertiary/aromatic N) is 1. The van der Waals surface area contributed by atoms with Gasteiger partial charge < -0.3 is 9.64 Å². The van der Waals surface area contributed by atoms with Gasteiger partial charge in [-0.25, -0.2) is 0 Å². The van der Waals surface area contributed by atoms with Gasteiger partial charge in [-0.05, 0) is 14.1 Å². The van der Waals surface area contributed by atoms with Crippen molar-refractivity contribution in [2.45, 2.75) is 30.6 Å². The van der Waals surface area contributed by atoms with Gasteiger partial charge in [-0.3, -0.25) is 22.9 Å². The van der Waals surface area contributed by atoms with Crippen molar-refractivity contribution in [1.29, 1.82) is 0 Å². The van der Waals surface area contributed by atoms with Gasteiger partial charge >= 0.3 is 0 Å². The zero-order valence-electron chi connectivity index (χ0n) is 8.16. The van der Waals surface area contributed by atoms with Crippen LogP contribution in [-0.4, -0.2) is 36.7 Å². The summed E-state index contributed by atoms with van der Waals surface area (Å²) in [5.41, 5.74) is 22.6. The first-order chi connectivity index (χ1) is 5.72. The van der Waals surface area contributed by atoms with Crippen LogP contribution in [0.4, 0.5) is 0 Å². The summed E-state index contributed by atoms with van der Waals surface area (Å²) in [4.78, 5) is 1.99. The molecule has 6 nitrogen and oxygen atoms in total. The summed E-state index contributed by atoms with van der Waals surface area (Å²) in [5.74, 6) is -2.45. The summed E-state index contributed by atoms with van der Waals surface area (Å²) < 4.78 is 5.13. The molecule has 1 saturated heterocycles. The molecular formula is C7H19N5O. The van der Waals surface area contributed by atoms with E-state index in [2.05, 4.69) is 0 Å². The molecule has 1 aliphatic rings. The summed E-state index contributed by atoms with van der Waals surface area (Å²) in [6.45, 7) is 0. The van der Waals surface area contributed by atoms with Gasteiger partial charge in [-0.1, -0.05) is 0 Å². The molecule has 1 heterocycles. The van der Waals surface area contributed by atoms with Crippen molar-refractivity contribution in [3.63, 3.8) is 0 Å². The Morgan fingerprint density at radius 3 is 1.77 bits per heavy atom. The van der Waals surface area contributed by atoms with Crippen molar-refractivity contribution in [2.24, 2.45) is 22.9 Å². The Kier molecular flexibility index (Phi) is 2.63. The van der Waals surface area contributed by atoms with Gasteiger partial charge in [0.05, 0.1) is 0 Å². The molecule has 1 aliphatic heterocycles. The van der Waals surface area contributed by atoms with Crippen LogP contribution in [0, 0.1) is 0 Å². The van der Waals surface area contributed by atoms with Crippen molar-refractivity contribution in [3.05, 3.63) is 0 Å². The molecule has 0 unspecified atom stereocenters. The molecule has 1 rings (SSSR count). The van der Waals surface area contributed by atoms with Crippen molar-refractivity contribution in [2.75, 3.05) is 14.1 Å². The van der Waals surface area contributed by atoms with Gasteiger partial charge in [0, 0.05) is 18.9 Å². The van der Waals surface area contributed by atoms with E-state index in [1.54, 1.807) is 0 Å². The monoisotopic (exact) mass is 189 g/mol. The molecule has 0 radical (unpaired) electrons. The lowest BCUT2D eigenvalue weighted by Gasteiger charge is -2.45. The molecule has 78 valence electrons. The van der Waals surface area contributed by atoms with E-state index in [0.717, 1.165) is 0 Å². The third kappa shape index (κ3) is 2.87. The summed E-state index contributed by atoms with van der Waals surface area (Å²) in [7, 11) is 3.87. The predicted molar refractivity (Wildman–Crippen MR) is 50.0 cm³/mol. The second-order valence-electron chi connectivity index (χ2n) is 4.04. The Hall–Kier alpha value is -0.240. The molecule has 0 bridgehead atoms. The Balaban J connectivity index is 2.72. The Labute approximate surface area is 78.2 Å². The SMILES string of the molecule is CN(C)C1CC(N)(N)OC(N)(N)C1. The molecule has 0 aromatic carbocycles. The molecule has 0 aromatic heterocycles. The molecule has 6 heteroatoms. The van der Waals surface area contributed by atoms with E-state index in [1.165, 1.54) is 0 Å². The highest BCUT2D eigenvalue weighted by Crippen LogP contribution is 2.25. The van der Waals surface area contributed by atoms with Crippen molar-refractivity contribution in [1.82, 2.24) is 4.90 Å². The zero-order chi connectivity index (χ0) is 10.3. The quantitative estimate of drug-likeness (QED) is 0.350. The van der Waals surface area contributed by atoms with Gasteiger partial charge in [0.1, 0.15) is 0 Å². The van der Waals surface area contributed by atoms with E-state index in [4.69, 9.17) is 27.7 Å². The first-order valence-electron chi connectivity index (χ1n) is 4.24. The second-order valence-corrected chi connectivity index (χ2v) is 4.04. The molecule has 0 saturated carbocycles. The van der Waals surface area contributed by atoms with Gasteiger partial charge in [0.15, 0.2) is 11.7 Å². The average molecular weight is 189 g/mol. The third-order valence-corrected chi connectivity index (χ3v) is 2.22. The first kappa shape index (κ1) is 10.8.